The topological polar surface area (TPSA) is 63.2 Å². The van der Waals surface area contributed by atoms with Gasteiger partial charge in [-0.05, 0) is 51.6 Å². The molecule has 1 saturated heterocycles. The minimum Gasteiger partial charge on any atom is -0.379 e. The van der Waals surface area contributed by atoms with Gasteiger partial charge in [-0.1, -0.05) is 0 Å². The van der Waals surface area contributed by atoms with Crippen LogP contribution in [-0.4, -0.2) is 43.2 Å². The number of carbonyl (C=O) groups excluding carboxylic acids is 1. The van der Waals surface area contributed by atoms with E-state index in [9.17, 15) is 4.79 Å². The smallest absolute Gasteiger partial charge is 0.263 e. The Labute approximate surface area is 153 Å². The molecule has 0 spiro atoms. The number of halogens is 2. The summed E-state index contributed by atoms with van der Waals surface area (Å²) in [6.45, 7) is 5.97. The fourth-order valence-electron chi connectivity index (χ4n) is 3.67. The highest BCUT2D eigenvalue weighted by Crippen LogP contribution is 2.34. The van der Waals surface area contributed by atoms with E-state index in [1.54, 1.807) is 7.11 Å². The summed E-state index contributed by atoms with van der Waals surface area (Å²) < 4.78 is 5.63. The van der Waals surface area contributed by atoms with E-state index < -0.39 is 0 Å². The van der Waals surface area contributed by atoms with Crippen molar-refractivity contribution in [2.24, 2.45) is 11.8 Å². The average molecular weight is 382 g/mol. The van der Waals surface area contributed by atoms with E-state index in [4.69, 9.17) is 4.74 Å². The number of nitrogens with one attached hydrogen (secondary N) is 2. The minimum atomic E-state index is -0.00504. The van der Waals surface area contributed by atoms with Crippen molar-refractivity contribution in [2.75, 3.05) is 20.2 Å². The van der Waals surface area contributed by atoms with E-state index in [1.807, 2.05) is 13.8 Å². The molecular formula is C15H25Cl2N3O2S. The van der Waals surface area contributed by atoms with E-state index >= 15 is 0 Å². The van der Waals surface area contributed by atoms with Crippen molar-refractivity contribution in [1.29, 1.82) is 0 Å². The zero-order valence-corrected chi connectivity index (χ0v) is 16.1. The second-order valence-electron chi connectivity index (χ2n) is 6.15. The third-order valence-corrected chi connectivity index (χ3v) is 5.82. The molecule has 132 valence electrons. The summed E-state index contributed by atoms with van der Waals surface area (Å²) in [4.78, 5) is 17.6. The van der Waals surface area contributed by atoms with Gasteiger partial charge in [0.05, 0.1) is 22.8 Å². The molecule has 0 unspecified atom stereocenters. The van der Waals surface area contributed by atoms with Crippen LogP contribution in [0.25, 0.3) is 0 Å². The summed E-state index contributed by atoms with van der Waals surface area (Å²) in [5, 5.41) is 7.57. The summed E-state index contributed by atoms with van der Waals surface area (Å²) in [7, 11) is 1.74. The number of hydrogen-bond donors (Lipinski definition) is 2. The number of carbonyl (C=O) groups is 1. The number of nitrogens with zero attached hydrogens (tertiary/aromatic N) is 1. The maximum atomic E-state index is 12.5. The number of ether oxygens (including phenoxy) is 1. The molecule has 1 aromatic rings. The molecule has 1 amide bonds. The standard InChI is InChI=1S/C15H23N3O2S.2ClH/c1-8-14(21-9(2)17-8)15(19)18-12-4-10-6-16-7-11(10)5-13(12)20-3;;/h10-13,16H,4-7H2,1-3H3,(H,18,19);2*1H/t10-,11+,12-,13-;;/m0../s1. The molecule has 5 nitrogen and oxygen atoms in total. The predicted molar refractivity (Wildman–Crippen MR) is 97.2 cm³/mol. The quantitative estimate of drug-likeness (QED) is 0.843. The van der Waals surface area contributed by atoms with Gasteiger partial charge in [0.15, 0.2) is 0 Å². The molecule has 1 saturated carbocycles. The van der Waals surface area contributed by atoms with Gasteiger partial charge in [0, 0.05) is 7.11 Å². The van der Waals surface area contributed by atoms with Gasteiger partial charge in [-0.3, -0.25) is 4.79 Å². The van der Waals surface area contributed by atoms with Crippen molar-refractivity contribution in [3.63, 3.8) is 0 Å². The SMILES string of the molecule is CO[C@H]1C[C@@H]2CNC[C@@H]2C[C@@H]1NC(=O)c1sc(C)nc1C.Cl.Cl. The van der Waals surface area contributed by atoms with Crippen molar-refractivity contribution in [1.82, 2.24) is 15.6 Å². The predicted octanol–water partition coefficient (Wildman–Crippen LogP) is 2.35. The van der Waals surface area contributed by atoms with E-state index in [-0.39, 0.29) is 42.9 Å². The molecular weight excluding hydrogens is 357 g/mol. The Morgan fingerprint density at radius 3 is 2.48 bits per heavy atom. The van der Waals surface area contributed by atoms with Gasteiger partial charge in [-0.15, -0.1) is 36.2 Å². The highest BCUT2D eigenvalue weighted by Gasteiger charge is 2.40. The van der Waals surface area contributed by atoms with Gasteiger partial charge >= 0.3 is 0 Å². The second kappa shape index (κ2) is 8.62. The lowest BCUT2D eigenvalue weighted by Crippen LogP contribution is -2.50. The van der Waals surface area contributed by atoms with E-state index in [0.29, 0.717) is 11.8 Å². The maximum absolute atomic E-state index is 12.5. The largest absolute Gasteiger partial charge is 0.379 e. The summed E-state index contributed by atoms with van der Waals surface area (Å²) >= 11 is 1.46. The molecule has 2 heterocycles. The van der Waals surface area contributed by atoms with Crippen molar-refractivity contribution >= 4 is 42.1 Å². The minimum absolute atomic E-state index is 0. The number of hydrogen-bond acceptors (Lipinski definition) is 5. The zero-order valence-electron chi connectivity index (χ0n) is 13.6. The lowest BCUT2D eigenvalue weighted by molar-refractivity contribution is 0.0126. The number of amides is 1. The van der Waals surface area contributed by atoms with Gasteiger partial charge < -0.3 is 15.4 Å². The van der Waals surface area contributed by atoms with Crippen LogP contribution in [0.3, 0.4) is 0 Å². The summed E-state index contributed by atoms with van der Waals surface area (Å²) in [6.07, 6.45) is 2.14. The molecule has 0 aromatic carbocycles. The van der Waals surface area contributed by atoms with E-state index in [1.165, 1.54) is 11.3 Å². The normalized spacial score (nSPS) is 29.2. The van der Waals surface area contributed by atoms with Crippen molar-refractivity contribution in [3.8, 4) is 0 Å². The van der Waals surface area contributed by atoms with E-state index in [0.717, 1.165) is 41.5 Å². The fourth-order valence-corrected chi connectivity index (χ4v) is 4.49. The van der Waals surface area contributed by atoms with Crippen LogP contribution in [0.5, 0.6) is 0 Å². The number of methoxy groups -OCH3 is 1. The molecule has 3 rings (SSSR count). The number of rotatable bonds is 3. The third kappa shape index (κ3) is 4.37. The van der Waals surface area contributed by atoms with Crippen LogP contribution in [0.1, 0.15) is 33.2 Å². The number of aromatic nitrogens is 1. The molecule has 23 heavy (non-hydrogen) atoms. The lowest BCUT2D eigenvalue weighted by atomic mass is 9.77. The molecule has 4 atom stereocenters. The molecule has 2 N–H and O–H groups in total. The molecule has 1 aliphatic carbocycles. The van der Waals surface area contributed by atoms with Crippen LogP contribution in [-0.2, 0) is 4.74 Å². The first kappa shape index (κ1) is 20.6. The molecule has 8 heteroatoms. The first-order chi connectivity index (χ1) is 10.1. The van der Waals surface area contributed by atoms with Crippen LogP contribution >= 0.6 is 36.2 Å². The Morgan fingerprint density at radius 2 is 1.91 bits per heavy atom. The molecule has 1 aromatic heterocycles. The molecule has 1 aliphatic heterocycles. The number of thiazole rings is 1. The Kier molecular flexibility index (Phi) is 7.74. The summed E-state index contributed by atoms with van der Waals surface area (Å²) in [5.41, 5.74) is 0.820. The maximum Gasteiger partial charge on any atom is 0.263 e. The zero-order chi connectivity index (χ0) is 15.0. The highest BCUT2D eigenvalue weighted by atomic mass is 35.5. The molecule has 2 aliphatic rings. The second-order valence-corrected chi connectivity index (χ2v) is 7.35. The van der Waals surface area contributed by atoms with Crippen LogP contribution in [0.15, 0.2) is 0 Å². The van der Waals surface area contributed by atoms with Crippen molar-refractivity contribution < 1.29 is 9.53 Å². The van der Waals surface area contributed by atoms with Crippen LogP contribution in [0.2, 0.25) is 0 Å². The van der Waals surface area contributed by atoms with Crippen LogP contribution in [0, 0.1) is 25.7 Å². The van der Waals surface area contributed by atoms with Crippen molar-refractivity contribution in [2.45, 2.75) is 38.8 Å². The Bertz CT molecular complexity index is 541. The highest BCUT2D eigenvalue weighted by molar-refractivity contribution is 7.13. The van der Waals surface area contributed by atoms with Crippen LogP contribution < -0.4 is 10.6 Å². The van der Waals surface area contributed by atoms with Gasteiger partial charge in [0.25, 0.3) is 5.91 Å². The Balaban J connectivity index is 0.00000132. The summed E-state index contributed by atoms with van der Waals surface area (Å²) in [5.74, 6) is 1.34. The number of fused-ring (bicyclic) bond motifs is 1. The Hall–Kier alpha value is -0.400. The van der Waals surface area contributed by atoms with Gasteiger partial charge in [-0.2, -0.15) is 0 Å². The number of aryl methyl sites for hydroxylation is 2. The van der Waals surface area contributed by atoms with Crippen LogP contribution in [0.4, 0.5) is 0 Å². The van der Waals surface area contributed by atoms with Crippen molar-refractivity contribution in [3.05, 3.63) is 15.6 Å². The lowest BCUT2D eigenvalue weighted by Gasteiger charge is -2.37. The molecule has 0 radical (unpaired) electrons. The first-order valence-electron chi connectivity index (χ1n) is 7.57. The first-order valence-corrected chi connectivity index (χ1v) is 8.38. The fraction of sp³-hybridized carbons (Fsp3) is 0.733. The molecule has 0 bridgehead atoms. The van der Waals surface area contributed by atoms with Gasteiger partial charge in [-0.25, -0.2) is 4.98 Å². The monoisotopic (exact) mass is 381 g/mol. The van der Waals surface area contributed by atoms with Gasteiger partial charge in [0.1, 0.15) is 4.88 Å². The molecule has 2 fully saturated rings. The van der Waals surface area contributed by atoms with E-state index in [2.05, 4.69) is 15.6 Å². The Morgan fingerprint density at radius 1 is 1.26 bits per heavy atom. The third-order valence-electron chi connectivity index (χ3n) is 4.75. The average Bonchev–Trinajstić information content (AvgIpc) is 3.03. The summed E-state index contributed by atoms with van der Waals surface area (Å²) in [6, 6.07) is 0.102. The van der Waals surface area contributed by atoms with Gasteiger partial charge in [0.2, 0.25) is 0 Å².